The number of benzene rings is 1. The van der Waals surface area contributed by atoms with Gasteiger partial charge >= 0.3 is 0 Å². The molecule has 0 amide bonds. The van der Waals surface area contributed by atoms with Gasteiger partial charge in [-0.05, 0) is 31.1 Å². The summed E-state index contributed by atoms with van der Waals surface area (Å²) < 4.78 is 11.8. The molecule has 0 aliphatic carbocycles. The first-order valence-corrected chi connectivity index (χ1v) is 6.91. The first-order valence-electron chi connectivity index (χ1n) is 6.12. The van der Waals surface area contributed by atoms with Crippen molar-refractivity contribution in [2.24, 2.45) is 0 Å². The zero-order valence-corrected chi connectivity index (χ0v) is 12.1. The largest absolute Gasteiger partial charge is 0.497 e. The lowest BCUT2D eigenvalue weighted by Crippen LogP contribution is -2.23. The first kappa shape index (κ1) is 13.4. The van der Waals surface area contributed by atoms with Gasteiger partial charge in [-0.1, -0.05) is 22.0 Å². The summed E-state index contributed by atoms with van der Waals surface area (Å²) in [5, 5.41) is 3.44. The maximum atomic E-state index is 5.54. The minimum atomic E-state index is 0.254. The zero-order chi connectivity index (χ0) is 12.8. The zero-order valence-electron chi connectivity index (χ0n) is 10.5. The highest BCUT2D eigenvalue weighted by molar-refractivity contribution is 9.10. The van der Waals surface area contributed by atoms with E-state index in [0.29, 0.717) is 6.61 Å². The van der Waals surface area contributed by atoms with Gasteiger partial charge in [0.05, 0.1) is 19.4 Å². The molecular weight excluding hydrogens is 294 g/mol. The van der Waals surface area contributed by atoms with E-state index in [2.05, 4.69) is 33.4 Å². The van der Waals surface area contributed by atoms with Crippen LogP contribution in [0.2, 0.25) is 0 Å². The average molecular weight is 312 g/mol. The standard InChI is InChI=1S/C14H18BrNO2/c1-17-10-12-13(15)6-4-7-14(12)16-9-11-5-2-3-8-18-11/h3-4,6-8,11,16H,2,5,9-10H2,1H3. The lowest BCUT2D eigenvalue weighted by atomic mass is 10.1. The summed E-state index contributed by atoms with van der Waals surface area (Å²) in [6.45, 7) is 1.41. The number of hydrogen-bond donors (Lipinski definition) is 1. The first-order chi connectivity index (χ1) is 8.81. The molecule has 1 aromatic carbocycles. The summed E-state index contributed by atoms with van der Waals surface area (Å²) >= 11 is 3.55. The fourth-order valence-corrected chi connectivity index (χ4v) is 2.45. The molecule has 0 fully saturated rings. The Hall–Kier alpha value is -1.00. The molecule has 0 saturated carbocycles. The summed E-state index contributed by atoms with van der Waals surface area (Å²) in [5.74, 6) is 0. The van der Waals surface area contributed by atoms with Crippen molar-refractivity contribution in [3.05, 3.63) is 40.6 Å². The Bertz CT molecular complexity index is 420. The molecule has 0 saturated heterocycles. The molecule has 1 unspecified atom stereocenters. The number of nitrogens with one attached hydrogen (secondary N) is 1. The van der Waals surface area contributed by atoms with E-state index in [9.17, 15) is 0 Å². The Labute approximate surface area is 116 Å². The van der Waals surface area contributed by atoms with Gasteiger partial charge in [0.1, 0.15) is 6.10 Å². The lowest BCUT2D eigenvalue weighted by Gasteiger charge is -2.21. The molecular formula is C14H18BrNO2. The van der Waals surface area contributed by atoms with Crippen LogP contribution in [0.25, 0.3) is 0 Å². The van der Waals surface area contributed by atoms with Crippen molar-refractivity contribution in [1.82, 2.24) is 0 Å². The van der Waals surface area contributed by atoms with E-state index in [1.54, 1.807) is 13.4 Å². The summed E-state index contributed by atoms with van der Waals surface area (Å²) in [7, 11) is 1.71. The second kappa shape index (κ2) is 6.81. The maximum Gasteiger partial charge on any atom is 0.115 e. The van der Waals surface area contributed by atoms with Gasteiger partial charge in [0.15, 0.2) is 0 Å². The fraction of sp³-hybridized carbons (Fsp3) is 0.429. The Morgan fingerprint density at radius 1 is 1.50 bits per heavy atom. The quantitative estimate of drug-likeness (QED) is 0.899. The van der Waals surface area contributed by atoms with Crippen LogP contribution in [0.1, 0.15) is 18.4 Å². The summed E-state index contributed by atoms with van der Waals surface area (Å²) in [6.07, 6.45) is 6.27. The monoisotopic (exact) mass is 311 g/mol. The van der Waals surface area contributed by atoms with Crippen LogP contribution in [0.5, 0.6) is 0 Å². The molecule has 1 N–H and O–H groups in total. The summed E-state index contributed by atoms with van der Waals surface area (Å²) in [4.78, 5) is 0. The van der Waals surface area contributed by atoms with Crippen LogP contribution in [-0.2, 0) is 16.1 Å². The van der Waals surface area contributed by atoms with E-state index in [4.69, 9.17) is 9.47 Å². The van der Waals surface area contributed by atoms with Crippen LogP contribution in [0.3, 0.4) is 0 Å². The predicted octanol–water partition coefficient (Wildman–Crippen LogP) is 3.70. The molecule has 1 aliphatic rings. The van der Waals surface area contributed by atoms with Gasteiger partial charge < -0.3 is 14.8 Å². The molecule has 2 rings (SSSR count). The van der Waals surface area contributed by atoms with Crippen molar-refractivity contribution in [1.29, 1.82) is 0 Å². The molecule has 1 aliphatic heterocycles. The van der Waals surface area contributed by atoms with E-state index in [1.165, 1.54) is 0 Å². The Morgan fingerprint density at radius 3 is 3.11 bits per heavy atom. The van der Waals surface area contributed by atoms with Gasteiger partial charge in [-0.2, -0.15) is 0 Å². The molecule has 98 valence electrons. The third kappa shape index (κ3) is 3.50. The molecule has 1 heterocycles. The van der Waals surface area contributed by atoms with Crippen molar-refractivity contribution in [3.8, 4) is 0 Å². The van der Waals surface area contributed by atoms with Crippen LogP contribution in [0.4, 0.5) is 5.69 Å². The molecule has 0 bridgehead atoms. The van der Waals surface area contributed by atoms with Gasteiger partial charge in [-0.15, -0.1) is 0 Å². The molecule has 4 heteroatoms. The van der Waals surface area contributed by atoms with E-state index >= 15 is 0 Å². The minimum Gasteiger partial charge on any atom is -0.497 e. The number of methoxy groups -OCH3 is 1. The van der Waals surface area contributed by atoms with Crippen molar-refractivity contribution in [2.75, 3.05) is 19.0 Å². The van der Waals surface area contributed by atoms with Crippen LogP contribution in [0.15, 0.2) is 35.0 Å². The van der Waals surface area contributed by atoms with Gasteiger partial charge in [0.25, 0.3) is 0 Å². The van der Waals surface area contributed by atoms with Crippen molar-refractivity contribution >= 4 is 21.6 Å². The third-order valence-corrected chi connectivity index (χ3v) is 3.69. The van der Waals surface area contributed by atoms with Crippen LogP contribution < -0.4 is 5.32 Å². The summed E-state index contributed by atoms with van der Waals surface area (Å²) in [5.41, 5.74) is 2.25. The topological polar surface area (TPSA) is 30.5 Å². The van der Waals surface area contributed by atoms with Crippen molar-refractivity contribution in [3.63, 3.8) is 0 Å². The van der Waals surface area contributed by atoms with Gasteiger partial charge in [0, 0.05) is 22.8 Å². The highest BCUT2D eigenvalue weighted by Gasteiger charge is 2.12. The van der Waals surface area contributed by atoms with E-state index in [-0.39, 0.29) is 6.10 Å². The Balaban J connectivity index is 1.99. The van der Waals surface area contributed by atoms with Crippen molar-refractivity contribution in [2.45, 2.75) is 25.6 Å². The minimum absolute atomic E-state index is 0.254. The van der Waals surface area contributed by atoms with Gasteiger partial charge in [-0.25, -0.2) is 0 Å². The van der Waals surface area contributed by atoms with Gasteiger partial charge in [0.2, 0.25) is 0 Å². The van der Waals surface area contributed by atoms with E-state index in [1.807, 2.05) is 12.1 Å². The van der Waals surface area contributed by atoms with Crippen LogP contribution in [-0.4, -0.2) is 19.8 Å². The number of ether oxygens (including phenoxy) is 2. The van der Waals surface area contributed by atoms with Gasteiger partial charge in [-0.3, -0.25) is 0 Å². The lowest BCUT2D eigenvalue weighted by molar-refractivity contribution is 0.135. The normalized spacial score (nSPS) is 18.4. The highest BCUT2D eigenvalue weighted by Crippen LogP contribution is 2.26. The summed E-state index contributed by atoms with van der Waals surface area (Å²) in [6, 6.07) is 6.12. The number of rotatable bonds is 5. The molecule has 1 aromatic rings. The molecule has 1 atom stereocenters. The number of allylic oxidation sites excluding steroid dienone is 1. The fourth-order valence-electron chi connectivity index (χ4n) is 1.97. The highest BCUT2D eigenvalue weighted by atomic mass is 79.9. The second-order valence-electron chi connectivity index (χ2n) is 4.29. The molecule has 0 radical (unpaired) electrons. The Morgan fingerprint density at radius 2 is 2.39 bits per heavy atom. The number of anilines is 1. The number of hydrogen-bond acceptors (Lipinski definition) is 3. The second-order valence-corrected chi connectivity index (χ2v) is 5.14. The molecule has 0 spiro atoms. The maximum absolute atomic E-state index is 5.54. The molecule has 3 nitrogen and oxygen atoms in total. The predicted molar refractivity (Wildman–Crippen MR) is 76.6 cm³/mol. The van der Waals surface area contributed by atoms with Crippen molar-refractivity contribution < 1.29 is 9.47 Å². The SMILES string of the molecule is COCc1c(Br)cccc1NCC1CCC=CO1. The van der Waals surface area contributed by atoms with Crippen LogP contribution >= 0.6 is 15.9 Å². The Kier molecular flexibility index (Phi) is 5.08. The molecule has 0 aromatic heterocycles. The average Bonchev–Trinajstić information content (AvgIpc) is 2.41. The van der Waals surface area contributed by atoms with Crippen LogP contribution in [0, 0.1) is 0 Å². The number of halogens is 1. The van der Waals surface area contributed by atoms with E-state index in [0.717, 1.165) is 35.1 Å². The smallest absolute Gasteiger partial charge is 0.115 e. The molecule has 18 heavy (non-hydrogen) atoms. The third-order valence-electron chi connectivity index (χ3n) is 2.95. The van der Waals surface area contributed by atoms with E-state index < -0.39 is 0 Å².